The van der Waals surface area contributed by atoms with Crippen LogP contribution >= 0.6 is 11.6 Å². The second kappa shape index (κ2) is 10.8. The summed E-state index contributed by atoms with van der Waals surface area (Å²) in [6, 6.07) is 24.3. The number of hydrogen-bond acceptors (Lipinski definition) is 2. The molecular weight excluding hydrogens is 408 g/mol. The van der Waals surface area contributed by atoms with Gasteiger partial charge in [-0.2, -0.15) is 0 Å². The van der Waals surface area contributed by atoms with Crippen molar-refractivity contribution in [3.63, 3.8) is 0 Å². The number of likely N-dealkylation sites (N-methyl/N-ethyl adjacent to an activating group) is 1. The number of benzene rings is 3. The lowest BCUT2D eigenvalue weighted by Gasteiger charge is -2.31. The molecule has 0 unspecified atom stereocenters. The summed E-state index contributed by atoms with van der Waals surface area (Å²) in [4.78, 5) is 28.1. The van der Waals surface area contributed by atoms with Crippen LogP contribution in [-0.4, -0.2) is 29.8 Å². The molecule has 3 aromatic carbocycles. The van der Waals surface area contributed by atoms with Gasteiger partial charge in [0.25, 0.3) is 0 Å². The Morgan fingerprint density at radius 2 is 1.55 bits per heavy atom. The molecule has 2 amide bonds. The van der Waals surface area contributed by atoms with E-state index in [2.05, 4.69) is 5.32 Å². The third-order valence-electron chi connectivity index (χ3n) is 5.39. The fourth-order valence-electron chi connectivity index (χ4n) is 3.57. The minimum absolute atomic E-state index is 0.102. The van der Waals surface area contributed by atoms with Gasteiger partial charge in [-0.25, -0.2) is 0 Å². The molecule has 160 valence electrons. The Kier molecular flexibility index (Phi) is 7.85. The highest BCUT2D eigenvalue weighted by atomic mass is 35.5. The Bertz CT molecular complexity index is 1020. The first-order valence-electron chi connectivity index (χ1n) is 10.3. The third kappa shape index (κ3) is 6.19. The largest absolute Gasteiger partial charge is 0.357 e. The van der Waals surface area contributed by atoms with Gasteiger partial charge in [0, 0.05) is 25.0 Å². The Hall–Kier alpha value is -3.11. The molecule has 0 fully saturated rings. The summed E-state index contributed by atoms with van der Waals surface area (Å²) in [5.74, 6) is -0.281. The third-order valence-corrected chi connectivity index (χ3v) is 5.64. The summed E-state index contributed by atoms with van der Waals surface area (Å²) in [7, 11) is 1.61. The van der Waals surface area contributed by atoms with E-state index < -0.39 is 6.04 Å². The van der Waals surface area contributed by atoms with E-state index in [0.29, 0.717) is 18.0 Å². The number of carbonyl (C=O) groups is 2. The van der Waals surface area contributed by atoms with Crippen molar-refractivity contribution in [1.82, 2.24) is 10.2 Å². The van der Waals surface area contributed by atoms with Crippen LogP contribution in [0.3, 0.4) is 0 Å². The number of nitrogens with zero attached hydrogens (tertiary/aromatic N) is 1. The van der Waals surface area contributed by atoms with Gasteiger partial charge in [0.05, 0.1) is 6.42 Å². The van der Waals surface area contributed by atoms with Crippen LogP contribution in [0.2, 0.25) is 5.02 Å². The SMILES string of the molecule is CNC(=O)[C@H](Cc1ccccc1)N(Cc1ccccc1C)C(=O)Cc1ccc(Cl)cc1. The first kappa shape index (κ1) is 22.6. The standard InChI is InChI=1S/C26H27ClN2O2/c1-19-8-6-7-11-22(19)18-29(25(30)17-21-12-14-23(27)15-13-21)24(26(31)28-2)16-20-9-4-3-5-10-20/h3-15,24H,16-18H2,1-2H3,(H,28,31)/t24-/m0/s1. The van der Waals surface area contributed by atoms with Crippen molar-refractivity contribution in [2.75, 3.05) is 7.05 Å². The van der Waals surface area contributed by atoms with Crippen molar-refractivity contribution < 1.29 is 9.59 Å². The van der Waals surface area contributed by atoms with Crippen molar-refractivity contribution in [2.45, 2.75) is 32.4 Å². The number of rotatable bonds is 8. The lowest BCUT2D eigenvalue weighted by Crippen LogP contribution is -2.50. The zero-order valence-electron chi connectivity index (χ0n) is 17.8. The monoisotopic (exact) mass is 434 g/mol. The molecule has 3 aromatic rings. The van der Waals surface area contributed by atoms with E-state index in [0.717, 1.165) is 22.3 Å². The highest BCUT2D eigenvalue weighted by molar-refractivity contribution is 6.30. The number of halogens is 1. The van der Waals surface area contributed by atoms with E-state index in [1.165, 1.54) is 0 Å². The van der Waals surface area contributed by atoms with E-state index in [4.69, 9.17) is 11.6 Å². The summed E-state index contributed by atoms with van der Waals surface area (Å²) in [6.45, 7) is 2.38. The highest BCUT2D eigenvalue weighted by Gasteiger charge is 2.30. The van der Waals surface area contributed by atoms with Crippen molar-refractivity contribution in [3.05, 3.63) is 106 Å². The van der Waals surface area contributed by atoms with Crippen molar-refractivity contribution in [3.8, 4) is 0 Å². The minimum atomic E-state index is -0.619. The Labute approximate surface area is 188 Å². The molecule has 31 heavy (non-hydrogen) atoms. The Balaban J connectivity index is 1.94. The molecule has 5 heteroatoms. The van der Waals surface area contributed by atoms with Crippen LogP contribution in [0.1, 0.15) is 22.3 Å². The van der Waals surface area contributed by atoms with E-state index in [9.17, 15) is 9.59 Å². The lowest BCUT2D eigenvalue weighted by atomic mass is 10.0. The summed E-state index contributed by atoms with van der Waals surface area (Å²) < 4.78 is 0. The van der Waals surface area contributed by atoms with Crippen molar-refractivity contribution in [2.24, 2.45) is 0 Å². The number of amides is 2. The second-order valence-corrected chi connectivity index (χ2v) is 8.01. The van der Waals surface area contributed by atoms with Crippen molar-refractivity contribution in [1.29, 1.82) is 0 Å². The van der Waals surface area contributed by atoms with E-state index in [-0.39, 0.29) is 18.2 Å². The fourth-order valence-corrected chi connectivity index (χ4v) is 3.70. The maximum atomic E-state index is 13.5. The molecule has 4 nitrogen and oxygen atoms in total. The fraction of sp³-hybridized carbons (Fsp3) is 0.231. The number of carbonyl (C=O) groups excluding carboxylic acids is 2. The predicted octanol–water partition coefficient (Wildman–Crippen LogP) is 4.58. The first-order valence-corrected chi connectivity index (χ1v) is 10.7. The molecular formula is C26H27ClN2O2. The first-order chi connectivity index (χ1) is 15.0. The van der Waals surface area contributed by atoms with E-state index >= 15 is 0 Å². The van der Waals surface area contributed by atoms with E-state index in [1.54, 1.807) is 24.1 Å². The minimum Gasteiger partial charge on any atom is -0.357 e. The van der Waals surface area contributed by atoms with Gasteiger partial charge in [0.15, 0.2) is 0 Å². The molecule has 0 radical (unpaired) electrons. The van der Waals surface area contributed by atoms with Gasteiger partial charge in [-0.1, -0.05) is 78.3 Å². The Morgan fingerprint density at radius 3 is 2.19 bits per heavy atom. The summed E-state index contributed by atoms with van der Waals surface area (Å²) >= 11 is 5.99. The zero-order valence-corrected chi connectivity index (χ0v) is 18.6. The maximum Gasteiger partial charge on any atom is 0.242 e. The molecule has 1 N–H and O–H groups in total. The lowest BCUT2D eigenvalue weighted by molar-refractivity contribution is -0.140. The van der Waals surface area contributed by atoms with Crippen LogP contribution in [0.15, 0.2) is 78.9 Å². The molecule has 0 bridgehead atoms. The summed E-state index contributed by atoms with van der Waals surface area (Å²) in [5.41, 5.74) is 3.97. The molecule has 3 rings (SSSR count). The van der Waals surface area contributed by atoms with Gasteiger partial charge in [-0.15, -0.1) is 0 Å². The molecule has 0 saturated carbocycles. The zero-order chi connectivity index (χ0) is 22.2. The second-order valence-electron chi connectivity index (χ2n) is 7.57. The number of nitrogens with one attached hydrogen (secondary N) is 1. The summed E-state index contributed by atoms with van der Waals surface area (Å²) in [5, 5.41) is 3.37. The average molecular weight is 435 g/mol. The molecule has 0 aliphatic heterocycles. The van der Waals surface area contributed by atoms with Gasteiger partial charge in [0.1, 0.15) is 6.04 Å². The highest BCUT2D eigenvalue weighted by Crippen LogP contribution is 2.19. The van der Waals surface area contributed by atoms with Gasteiger partial charge < -0.3 is 10.2 Å². The normalized spacial score (nSPS) is 11.6. The molecule has 0 spiro atoms. The van der Waals surface area contributed by atoms with Crippen LogP contribution in [0, 0.1) is 6.92 Å². The van der Waals surface area contributed by atoms with Gasteiger partial charge in [-0.3, -0.25) is 9.59 Å². The maximum absolute atomic E-state index is 13.5. The molecule has 1 atom stereocenters. The van der Waals surface area contributed by atoms with Gasteiger partial charge >= 0.3 is 0 Å². The molecule has 0 heterocycles. The number of aryl methyl sites for hydroxylation is 1. The van der Waals surface area contributed by atoms with Crippen LogP contribution in [-0.2, 0) is 29.0 Å². The van der Waals surface area contributed by atoms with Crippen LogP contribution in [0.5, 0.6) is 0 Å². The molecule has 0 aliphatic rings. The molecule has 0 aliphatic carbocycles. The number of hydrogen-bond donors (Lipinski definition) is 1. The summed E-state index contributed by atoms with van der Waals surface area (Å²) in [6.07, 6.45) is 0.643. The predicted molar refractivity (Wildman–Crippen MR) is 125 cm³/mol. The topological polar surface area (TPSA) is 49.4 Å². The molecule has 0 saturated heterocycles. The smallest absolute Gasteiger partial charge is 0.242 e. The average Bonchev–Trinajstić information content (AvgIpc) is 2.79. The quantitative estimate of drug-likeness (QED) is 0.564. The molecule has 0 aromatic heterocycles. The van der Waals surface area contributed by atoms with E-state index in [1.807, 2.05) is 73.7 Å². The van der Waals surface area contributed by atoms with Crippen LogP contribution in [0.25, 0.3) is 0 Å². The van der Waals surface area contributed by atoms with Crippen molar-refractivity contribution >= 4 is 23.4 Å². The Morgan fingerprint density at radius 1 is 0.903 bits per heavy atom. The van der Waals surface area contributed by atoms with Crippen LogP contribution in [0.4, 0.5) is 0 Å². The van der Waals surface area contributed by atoms with Crippen LogP contribution < -0.4 is 5.32 Å². The van der Waals surface area contributed by atoms with Gasteiger partial charge in [-0.05, 0) is 41.3 Å². The van der Waals surface area contributed by atoms with Gasteiger partial charge in [0.2, 0.25) is 11.8 Å².